The topological polar surface area (TPSA) is 12.0 Å². The zero-order chi connectivity index (χ0) is 12.4. The van der Waals surface area contributed by atoms with Gasteiger partial charge in [0.25, 0.3) is 0 Å². The van der Waals surface area contributed by atoms with Crippen LogP contribution >= 0.6 is 0 Å². The number of benzene rings is 2. The number of hydrogen-bond acceptors (Lipinski definition) is 1. The summed E-state index contributed by atoms with van der Waals surface area (Å²) >= 11 is 0. The molecule has 0 heterocycles. The summed E-state index contributed by atoms with van der Waals surface area (Å²) < 4.78 is 0. The van der Waals surface area contributed by atoms with Crippen molar-refractivity contribution < 1.29 is 0 Å². The third-order valence-corrected chi connectivity index (χ3v) is 3.71. The van der Waals surface area contributed by atoms with Crippen LogP contribution in [0.25, 0.3) is 0 Å². The fourth-order valence-electron chi connectivity index (χ4n) is 2.47. The fourth-order valence-corrected chi connectivity index (χ4v) is 2.47. The second kappa shape index (κ2) is 4.85. The van der Waals surface area contributed by atoms with Gasteiger partial charge in [0.1, 0.15) is 0 Å². The lowest BCUT2D eigenvalue weighted by Crippen LogP contribution is -2.13. The summed E-state index contributed by atoms with van der Waals surface area (Å²) in [6.45, 7) is 2.16. The van der Waals surface area contributed by atoms with Crippen molar-refractivity contribution >= 4 is 5.69 Å². The van der Waals surface area contributed by atoms with E-state index in [0.717, 1.165) is 5.92 Å². The smallest absolute Gasteiger partial charge is 0.0542 e. The molecule has 1 heteroatoms. The lowest BCUT2D eigenvalue weighted by molar-refractivity contribution is 0.678. The van der Waals surface area contributed by atoms with Crippen molar-refractivity contribution in [2.75, 3.05) is 5.32 Å². The molecule has 1 saturated carbocycles. The minimum absolute atomic E-state index is 0.465. The number of para-hydroxylation sites is 1. The standard InChI is InChI=1S/C17H19N/c1-13-7-5-6-10-16(13)18-17(15-11-12-15)14-8-3-2-4-9-14/h2-10,15,17-18H,11-12H2,1H3. The molecule has 1 aliphatic carbocycles. The Morgan fingerprint density at radius 2 is 1.61 bits per heavy atom. The van der Waals surface area contributed by atoms with Gasteiger partial charge in [-0.1, -0.05) is 48.5 Å². The first-order valence-electron chi connectivity index (χ1n) is 6.72. The normalized spacial score (nSPS) is 16.3. The molecule has 1 N–H and O–H groups in total. The Bertz CT molecular complexity index is 514. The Balaban J connectivity index is 1.86. The monoisotopic (exact) mass is 237 g/mol. The zero-order valence-electron chi connectivity index (χ0n) is 10.8. The van der Waals surface area contributed by atoms with Crippen molar-refractivity contribution in [2.24, 2.45) is 5.92 Å². The lowest BCUT2D eigenvalue weighted by Gasteiger charge is -2.21. The van der Waals surface area contributed by atoms with Gasteiger partial charge in [0.05, 0.1) is 6.04 Å². The van der Waals surface area contributed by atoms with Crippen molar-refractivity contribution in [3.8, 4) is 0 Å². The van der Waals surface area contributed by atoms with E-state index in [1.165, 1.54) is 29.7 Å². The molecule has 0 spiro atoms. The Hall–Kier alpha value is -1.76. The first kappa shape index (κ1) is 11.3. The quantitative estimate of drug-likeness (QED) is 0.822. The average molecular weight is 237 g/mol. The van der Waals surface area contributed by atoms with Crippen molar-refractivity contribution in [3.63, 3.8) is 0 Å². The Morgan fingerprint density at radius 3 is 2.28 bits per heavy atom. The van der Waals surface area contributed by atoms with E-state index in [2.05, 4.69) is 66.8 Å². The predicted octanol–water partition coefficient (Wildman–Crippen LogP) is 4.56. The Labute approximate surface area is 109 Å². The van der Waals surface area contributed by atoms with Crippen molar-refractivity contribution in [1.29, 1.82) is 0 Å². The van der Waals surface area contributed by atoms with Crippen molar-refractivity contribution in [1.82, 2.24) is 0 Å². The van der Waals surface area contributed by atoms with Crippen LogP contribution in [-0.2, 0) is 0 Å². The van der Waals surface area contributed by atoms with E-state index in [-0.39, 0.29) is 0 Å². The summed E-state index contributed by atoms with van der Waals surface area (Å²) in [5, 5.41) is 3.73. The molecule has 1 atom stereocenters. The van der Waals surface area contributed by atoms with E-state index in [4.69, 9.17) is 0 Å². The second-order valence-corrected chi connectivity index (χ2v) is 5.19. The molecule has 1 nitrogen and oxygen atoms in total. The van der Waals surface area contributed by atoms with Gasteiger partial charge in [-0.3, -0.25) is 0 Å². The van der Waals surface area contributed by atoms with Gasteiger partial charge in [-0.25, -0.2) is 0 Å². The molecule has 2 aromatic carbocycles. The van der Waals surface area contributed by atoms with E-state index in [1.807, 2.05) is 0 Å². The van der Waals surface area contributed by atoms with Gasteiger partial charge in [0, 0.05) is 5.69 Å². The van der Waals surface area contributed by atoms with Crippen LogP contribution in [0.3, 0.4) is 0 Å². The van der Waals surface area contributed by atoms with E-state index in [0.29, 0.717) is 6.04 Å². The maximum atomic E-state index is 3.73. The van der Waals surface area contributed by atoms with Crippen LogP contribution in [0.4, 0.5) is 5.69 Å². The molecule has 0 saturated heterocycles. The molecule has 1 fully saturated rings. The molecule has 2 aromatic rings. The van der Waals surface area contributed by atoms with Crippen LogP contribution in [0.15, 0.2) is 54.6 Å². The van der Waals surface area contributed by atoms with E-state index in [9.17, 15) is 0 Å². The van der Waals surface area contributed by atoms with Crippen LogP contribution in [-0.4, -0.2) is 0 Å². The summed E-state index contributed by atoms with van der Waals surface area (Å²) in [6, 6.07) is 19.8. The van der Waals surface area contributed by atoms with E-state index in [1.54, 1.807) is 0 Å². The summed E-state index contributed by atoms with van der Waals surface area (Å²) in [5.41, 5.74) is 3.99. The molecule has 1 unspecified atom stereocenters. The minimum Gasteiger partial charge on any atom is -0.378 e. The first-order valence-corrected chi connectivity index (χ1v) is 6.72. The van der Waals surface area contributed by atoms with Gasteiger partial charge in [0.2, 0.25) is 0 Å². The predicted molar refractivity (Wildman–Crippen MR) is 76.7 cm³/mol. The maximum Gasteiger partial charge on any atom is 0.0542 e. The van der Waals surface area contributed by atoms with Crippen molar-refractivity contribution in [3.05, 3.63) is 65.7 Å². The maximum absolute atomic E-state index is 3.73. The SMILES string of the molecule is Cc1ccccc1NC(c1ccccc1)C1CC1. The summed E-state index contributed by atoms with van der Waals surface area (Å²) in [7, 11) is 0. The molecule has 0 aromatic heterocycles. The Morgan fingerprint density at radius 1 is 0.944 bits per heavy atom. The third kappa shape index (κ3) is 2.40. The van der Waals surface area contributed by atoms with Gasteiger partial charge in [-0.05, 0) is 42.9 Å². The van der Waals surface area contributed by atoms with Gasteiger partial charge >= 0.3 is 0 Å². The third-order valence-electron chi connectivity index (χ3n) is 3.71. The molecule has 1 aliphatic rings. The van der Waals surface area contributed by atoms with Crippen molar-refractivity contribution in [2.45, 2.75) is 25.8 Å². The number of anilines is 1. The summed E-state index contributed by atoms with van der Waals surface area (Å²) in [6.07, 6.45) is 2.69. The van der Waals surface area contributed by atoms with Crippen LogP contribution in [0.5, 0.6) is 0 Å². The molecule has 0 bridgehead atoms. The minimum atomic E-state index is 0.465. The molecular weight excluding hydrogens is 218 g/mol. The highest BCUT2D eigenvalue weighted by Gasteiger charge is 2.32. The molecule has 92 valence electrons. The number of hydrogen-bond donors (Lipinski definition) is 1. The highest BCUT2D eigenvalue weighted by molar-refractivity contribution is 5.52. The number of aryl methyl sites for hydroxylation is 1. The number of nitrogens with one attached hydrogen (secondary N) is 1. The van der Waals surface area contributed by atoms with Gasteiger partial charge in [-0.15, -0.1) is 0 Å². The first-order chi connectivity index (χ1) is 8.84. The zero-order valence-corrected chi connectivity index (χ0v) is 10.8. The lowest BCUT2D eigenvalue weighted by atomic mass is 10.0. The van der Waals surface area contributed by atoms with Gasteiger partial charge < -0.3 is 5.32 Å². The fraction of sp³-hybridized carbons (Fsp3) is 0.294. The van der Waals surface area contributed by atoms with E-state index < -0.39 is 0 Å². The Kier molecular flexibility index (Phi) is 3.06. The highest BCUT2D eigenvalue weighted by atomic mass is 14.9. The van der Waals surface area contributed by atoms with Gasteiger partial charge in [-0.2, -0.15) is 0 Å². The number of rotatable bonds is 4. The summed E-state index contributed by atoms with van der Waals surface area (Å²) in [4.78, 5) is 0. The average Bonchev–Trinajstić information content (AvgIpc) is 3.23. The summed E-state index contributed by atoms with van der Waals surface area (Å²) in [5.74, 6) is 0.798. The van der Waals surface area contributed by atoms with Crippen LogP contribution < -0.4 is 5.32 Å². The molecule has 18 heavy (non-hydrogen) atoms. The largest absolute Gasteiger partial charge is 0.378 e. The second-order valence-electron chi connectivity index (χ2n) is 5.19. The van der Waals surface area contributed by atoms with Gasteiger partial charge in [0.15, 0.2) is 0 Å². The van der Waals surface area contributed by atoms with E-state index >= 15 is 0 Å². The van der Waals surface area contributed by atoms with Crippen LogP contribution in [0, 0.1) is 12.8 Å². The molecular formula is C17H19N. The molecule has 0 amide bonds. The highest BCUT2D eigenvalue weighted by Crippen LogP contribution is 2.43. The van der Waals surface area contributed by atoms with Crippen LogP contribution in [0.1, 0.15) is 30.0 Å². The molecule has 0 aliphatic heterocycles. The molecule has 0 radical (unpaired) electrons. The molecule has 3 rings (SSSR count). The van der Waals surface area contributed by atoms with Crippen LogP contribution in [0.2, 0.25) is 0 Å².